The van der Waals surface area contributed by atoms with Gasteiger partial charge in [-0.25, -0.2) is 0 Å². The summed E-state index contributed by atoms with van der Waals surface area (Å²) in [6, 6.07) is 27.4. The Bertz CT molecular complexity index is 1200. The molecule has 186 valence electrons. The van der Waals surface area contributed by atoms with Gasteiger partial charge in [-0.3, -0.25) is 9.59 Å². The molecule has 5 heteroatoms. The van der Waals surface area contributed by atoms with Crippen molar-refractivity contribution in [3.05, 3.63) is 90.0 Å². The number of piperazine rings is 1. The molecular weight excluding hydrogens is 446 g/mol. The van der Waals surface area contributed by atoms with Crippen molar-refractivity contribution in [2.75, 3.05) is 31.1 Å². The number of para-hydroxylation sites is 1. The van der Waals surface area contributed by atoms with E-state index in [1.807, 2.05) is 23.1 Å². The van der Waals surface area contributed by atoms with Crippen LogP contribution >= 0.6 is 0 Å². The lowest BCUT2D eigenvalue weighted by Gasteiger charge is -2.37. The first-order chi connectivity index (χ1) is 17.5. The number of nitrogens with zero attached hydrogens (tertiary/aromatic N) is 2. The smallest absolute Gasteiger partial charge is 0.222 e. The number of nitrogens with one attached hydrogen (secondary N) is 1. The standard InChI is InChI=1S/C31H35N3O2/c1-24-7-5-6-10-28(24)33-19-21-34(22-20-33)30(36)16-18-31(17-15-29(35)32-31)23-25-11-13-27(14-12-25)26-8-3-2-4-9-26/h2-14H,15-23H2,1H3,(H,32,35)/t31-/m0/s1. The molecule has 2 saturated heterocycles. The van der Waals surface area contributed by atoms with Crippen LogP contribution in [0.4, 0.5) is 5.69 Å². The first-order valence-electron chi connectivity index (χ1n) is 13.1. The van der Waals surface area contributed by atoms with E-state index in [-0.39, 0.29) is 17.4 Å². The molecule has 5 nitrogen and oxygen atoms in total. The van der Waals surface area contributed by atoms with Gasteiger partial charge >= 0.3 is 0 Å². The van der Waals surface area contributed by atoms with Gasteiger partial charge in [0.15, 0.2) is 0 Å². The molecule has 0 bridgehead atoms. The highest BCUT2D eigenvalue weighted by molar-refractivity contribution is 5.80. The van der Waals surface area contributed by atoms with Crippen LogP contribution in [0, 0.1) is 6.92 Å². The molecule has 36 heavy (non-hydrogen) atoms. The van der Waals surface area contributed by atoms with Crippen LogP contribution in [0.2, 0.25) is 0 Å². The van der Waals surface area contributed by atoms with Crippen LogP contribution in [-0.4, -0.2) is 48.4 Å². The number of benzene rings is 3. The SMILES string of the molecule is Cc1ccccc1N1CCN(C(=O)CC[C@]2(Cc3ccc(-c4ccccc4)cc3)CCC(=O)N2)CC1. The Hall–Kier alpha value is -3.60. The molecule has 1 N–H and O–H groups in total. The molecule has 2 fully saturated rings. The highest BCUT2D eigenvalue weighted by Crippen LogP contribution is 2.31. The lowest BCUT2D eigenvalue weighted by atomic mass is 9.84. The van der Waals surface area contributed by atoms with Crippen LogP contribution in [0.3, 0.4) is 0 Å². The molecule has 2 aliphatic heterocycles. The molecule has 3 aromatic carbocycles. The van der Waals surface area contributed by atoms with E-state index in [1.165, 1.54) is 27.9 Å². The zero-order valence-electron chi connectivity index (χ0n) is 21.1. The van der Waals surface area contributed by atoms with Gasteiger partial charge in [0.05, 0.1) is 0 Å². The van der Waals surface area contributed by atoms with E-state index < -0.39 is 0 Å². The summed E-state index contributed by atoms with van der Waals surface area (Å²) in [4.78, 5) is 29.7. The summed E-state index contributed by atoms with van der Waals surface area (Å²) in [5.74, 6) is 0.287. The second kappa shape index (κ2) is 10.6. The molecule has 0 radical (unpaired) electrons. The minimum absolute atomic E-state index is 0.0928. The number of hydrogen-bond donors (Lipinski definition) is 1. The number of carbonyl (C=O) groups excluding carboxylic acids is 2. The van der Waals surface area contributed by atoms with E-state index >= 15 is 0 Å². The fourth-order valence-electron chi connectivity index (χ4n) is 5.64. The van der Waals surface area contributed by atoms with Crippen molar-refractivity contribution in [3.63, 3.8) is 0 Å². The Morgan fingerprint density at radius 1 is 0.861 bits per heavy atom. The van der Waals surface area contributed by atoms with Crippen molar-refractivity contribution in [2.24, 2.45) is 0 Å². The highest BCUT2D eigenvalue weighted by Gasteiger charge is 2.38. The van der Waals surface area contributed by atoms with Crippen LogP contribution < -0.4 is 10.2 Å². The van der Waals surface area contributed by atoms with E-state index in [0.717, 1.165) is 39.0 Å². The predicted molar refractivity (Wildman–Crippen MR) is 145 cm³/mol. The van der Waals surface area contributed by atoms with Crippen LogP contribution in [0.25, 0.3) is 11.1 Å². The van der Waals surface area contributed by atoms with Gasteiger partial charge in [-0.2, -0.15) is 0 Å². The van der Waals surface area contributed by atoms with Crippen molar-refractivity contribution in [1.82, 2.24) is 10.2 Å². The molecule has 3 aromatic rings. The van der Waals surface area contributed by atoms with Crippen LogP contribution in [0.1, 0.15) is 36.8 Å². The number of rotatable bonds is 7. The Balaban J connectivity index is 1.19. The largest absolute Gasteiger partial charge is 0.368 e. The van der Waals surface area contributed by atoms with Gasteiger partial charge in [0.2, 0.25) is 11.8 Å². The van der Waals surface area contributed by atoms with Crippen molar-refractivity contribution in [1.29, 1.82) is 0 Å². The Labute approximate surface area is 214 Å². The normalized spacial score (nSPS) is 19.9. The fourth-order valence-corrected chi connectivity index (χ4v) is 5.64. The summed E-state index contributed by atoms with van der Waals surface area (Å²) in [6.45, 7) is 5.33. The maximum atomic E-state index is 13.1. The topological polar surface area (TPSA) is 52.7 Å². The van der Waals surface area contributed by atoms with Gasteiger partial charge in [0.1, 0.15) is 0 Å². The van der Waals surface area contributed by atoms with Crippen molar-refractivity contribution in [2.45, 2.75) is 44.6 Å². The van der Waals surface area contributed by atoms with Crippen LogP contribution in [0.15, 0.2) is 78.9 Å². The van der Waals surface area contributed by atoms with Gasteiger partial charge in [-0.15, -0.1) is 0 Å². The third-order valence-corrected chi connectivity index (χ3v) is 7.74. The Morgan fingerprint density at radius 3 is 2.19 bits per heavy atom. The van der Waals surface area contributed by atoms with E-state index in [9.17, 15) is 9.59 Å². The van der Waals surface area contributed by atoms with Crippen LogP contribution in [0.5, 0.6) is 0 Å². The van der Waals surface area contributed by atoms with Gasteiger partial charge in [-0.05, 0) is 54.5 Å². The van der Waals surface area contributed by atoms with Crippen LogP contribution in [-0.2, 0) is 16.0 Å². The Morgan fingerprint density at radius 2 is 1.53 bits per heavy atom. The molecule has 5 rings (SSSR count). The summed E-state index contributed by atoms with van der Waals surface area (Å²) >= 11 is 0. The molecule has 0 saturated carbocycles. The molecule has 1 atom stereocenters. The van der Waals surface area contributed by atoms with Gasteiger partial charge in [0.25, 0.3) is 0 Å². The van der Waals surface area contributed by atoms with Crippen molar-refractivity contribution < 1.29 is 9.59 Å². The third kappa shape index (κ3) is 5.46. The monoisotopic (exact) mass is 481 g/mol. The third-order valence-electron chi connectivity index (χ3n) is 7.74. The predicted octanol–water partition coefficient (Wildman–Crippen LogP) is 4.98. The number of carbonyl (C=O) groups is 2. The average Bonchev–Trinajstić information content (AvgIpc) is 3.29. The van der Waals surface area contributed by atoms with E-state index in [4.69, 9.17) is 0 Å². The second-order valence-electron chi connectivity index (χ2n) is 10.2. The first kappa shape index (κ1) is 24.1. The molecule has 2 amide bonds. The van der Waals surface area contributed by atoms with Crippen molar-refractivity contribution in [3.8, 4) is 11.1 Å². The number of aryl methyl sites for hydroxylation is 1. The average molecular weight is 482 g/mol. The lowest BCUT2D eigenvalue weighted by Crippen LogP contribution is -2.50. The van der Waals surface area contributed by atoms with Gasteiger partial charge in [0, 0.05) is 50.2 Å². The second-order valence-corrected chi connectivity index (χ2v) is 10.2. The summed E-state index contributed by atoms with van der Waals surface area (Å²) in [6.07, 6.45) is 3.21. The fraction of sp³-hybridized carbons (Fsp3) is 0.355. The molecule has 2 aliphatic rings. The maximum Gasteiger partial charge on any atom is 0.222 e. The molecular formula is C31H35N3O2. The number of hydrogen-bond acceptors (Lipinski definition) is 3. The van der Waals surface area contributed by atoms with Crippen molar-refractivity contribution >= 4 is 17.5 Å². The van der Waals surface area contributed by atoms with Gasteiger partial charge in [-0.1, -0.05) is 72.8 Å². The highest BCUT2D eigenvalue weighted by atomic mass is 16.2. The van der Waals surface area contributed by atoms with E-state index in [1.54, 1.807) is 0 Å². The summed E-state index contributed by atoms with van der Waals surface area (Å²) in [5, 5.41) is 3.24. The molecule has 0 aliphatic carbocycles. The zero-order valence-corrected chi connectivity index (χ0v) is 21.1. The van der Waals surface area contributed by atoms with Gasteiger partial charge < -0.3 is 15.1 Å². The zero-order chi connectivity index (χ0) is 25.0. The number of amides is 2. The quantitative estimate of drug-likeness (QED) is 0.518. The van der Waals surface area contributed by atoms with E-state index in [0.29, 0.717) is 19.3 Å². The molecule has 2 heterocycles. The lowest BCUT2D eigenvalue weighted by molar-refractivity contribution is -0.132. The summed E-state index contributed by atoms with van der Waals surface area (Å²) < 4.78 is 0. The maximum absolute atomic E-state index is 13.1. The van der Waals surface area contributed by atoms with E-state index in [2.05, 4.69) is 77.8 Å². The molecule has 0 aromatic heterocycles. The molecule has 0 spiro atoms. The molecule has 0 unspecified atom stereocenters. The summed E-state index contributed by atoms with van der Waals surface area (Å²) in [5.41, 5.74) is 5.76. The Kier molecular flexibility index (Phi) is 7.08. The minimum Gasteiger partial charge on any atom is -0.368 e. The minimum atomic E-state index is -0.343. The first-order valence-corrected chi connectivity index (χ1v) is 13.1. The number of anilines is 1. The summed E-state index contributed by atoms with van der Waals surface area (Å²) in [7, 11) is 0.